The van der Waals surface area contributed by atoms with Gasteiger partial charge in [0, 0.05) is 53.5 Å². The molecule has 0 atom stereocenters. The van der Waals surface area contributed by atoms with Crippen LogP contribution in [0.3, 0.4) is 0 Å². The predicted molar refractivity (Wildman–Crippen MR) is 242 cm³/mol. The molecule has 358 valence electrons. The molecule has 0 fully saturated rings. The van der Waals surface area contributed by atoms with E-state index in [1.165, 1.54) is 60.7 Å². The van der Waals surface area contributed by atoms with E-state index in [0.717, 1.165) is 30.3 Å². The summed E-state index contributed by atoms with van der Waals surface area (Å²) in [5.74, 6) is -1.99. The predicted octanol–water partition coefficient (Wildman–Crippen LogP) is 0.884. The first kappa shape index (κ1) is 60.0. The molecule has 26 nitrogen and oxygen atoms in total. The van der Waals surface area contributed by atoms with Crippen LogP contribution in [-0.2, 0) is 30.4 Å². The average Bonchev–Trinajstić information content (AvgIpc) is 3.27. The summed E-state index contributed by atoms with van der Waals surface area (Å²) in [6.07, 6.45) is 0. The number of hydrogen-bond acceptors (Lipinski definition) is 24. The van der Waals surface area contributed by atoms with Gasteiger partial charge in [-0.25, -0.2) is 25.3 Å². The van der Waals surface area contributed by atoms with Gasteiger partial charge in [-0.3, -0.25) is 20.2 Å². The fraction of sp³-hybridized carbons (Fsp3) is 0. The molecular formula is C40H24ClN10Na3O16S3. The summed E-state index contributed by atoms with van der Waals surface area (Å²) in [6, 6.07) is 21.3. The minimum Gasteiger partial charge on any atom is -0.744 e. The standard InChI is InChI=1S/C40H27ClN10O16S3.3Na/c41-28-17-25(50(55)56)7-11-29(28)45-49-39-37(70(65,66)67)14-20-13-27(68(59,60)61)19-33(38(20)40(39)54)48-47-31-10-6-24(16-35(31)53)42-23-5-9-30(34(52)15-23)46-44-22-3-1-21(2-4-22)43-32-12-8-26(51(57)58)18-36(32)69(62,63)64;;;/h1-19,42-43,52-54H,(H,59,60,61)(H,62,63,64)(H,65,66,67);;;/q;3*+1/p-3. The summed E-state index contributed by atoms with van der Waals surface area (Å²) < 4.78 is 109. The number of nitro groups is 2. The first-order valence-electron chi connectivity index (χ1n) is 18.8. The molecule has 7 rings (SSSR count). The Balaban J connectivity index is 0.00000385. The average molecular weight is 1100 g/mol. The number of nitrogens with zero attached hydrogens (tertiary/aromatic N) is 8. The zero-order valence-electron chi connectivity index (χ0n) is 37.3. The van der Waals surface area contributed by atoms with Crippen molar-refractivity contribution >= 4 is 121 Å². The Morgan fingerprint density at radius 1 is 0.493 bits per heavy atom. The number of benzene rings is 7. The van der Waals surface area contributed by atoms with Crippen LogP contribution in [0.15, 0.2) is 161 Å². The van der Waals surface area contributed by atoms with Crippen LogP contribution in [-0.4, -0.2) is 64.1 Å². The van der Waals surface area contributed by atoms with Crippen molar-refractivity contribution in [2.24, 2.45) is 30.7 Å². The number of halogens is 1. The van der Waals surface area contributed by atoms with E-state index in [-0.39, 0.29) is 145 Å². The maximum Gasteiger partial charge on any atom is 1.00 e. The third-order valence-electron chi connectivity index (χ3n) is 9.43. The van der Waals surface area contributed by atoms with Gasteiger partial charge < -0.3 is 39.6 Å². The molecule has 0 saturated carbocycles. The Morgan fingerprint density at radius 2 is 0.986 bits per heavy atom. The monoisotopic (exact) mass is 1100 g/mol. The minimum atomic E-state index is -5.52. The molecule has 0 unspecified atom stereocenters. The molecule has 7 aromatic rings. The molecule has 0 bridgehead atoms. The van der Waals surface area contributed by atoms with E-state index in [9.17, 15) is 74.5 Å². The van der Waals surface area contributed by atoms with Crippen LogP contribution in [0.5, 0.6) is 17.2 Å². The minimum absolute atomic E-state index is 0. The molecule has 0 amide bonds. The van der Waals surface area contributed by atoms with Gasteiger partial charge in [-0.05, 0) is 84.2 Å². The van der Waals surface area contributed by atoms with Crippen molar-refractivity contribution in [3.05, 3.63) is 141 Å². The second-order valence-corrected chi connectivity index (χ2v) is 18.6. The number of non-ortho nitro benzene ring substituents is 2. The summed E-state index contributed by atoms with van der Waals surface area (Å²) >= 11 is 6.05. The van der Waals surface area contributed by atoms with Crippen molar-refractivity contribution in [3.8, 4) is 17.2 Å². The molecule has 5 N–H and O–H groups in total. The molecule has 73 heavy (non-hydrogen) atoms. The maximum atomic E-state index is 12.3. The summed E-state index contributed by atoms with van der Waals surface area (Å²) in [5.41, 5.74) is -2.25. The second kappa shape index (κ2) is 24.2. The number of azo groups is 3. The molecule has 0 radical (unpaired) electrons. The van der Waals surface area contributed by atoms with Crippen molar-refractivity contribution in [1.82, 2.24) is 0 Å². The fourth-order valence-corrected chi connectivity index (χ4v) is 8.24. The van der Waals surface area contributed by atoms with Gasteiger partial charge in [-0.1, -0.05) is 11.6 Å². The molecule has 0 aliphatic heterocycles. The van der Waals surface area contributed by atoms with Gasteiger partial charge in [0.05, 0.1) is 52.0 Å². The molecule has 0 aliphatic rings. The number of nitro benzene ring substituents is 2. The molecule has 33 heteroatoms. The molecule has 0 aromatic heterocycles. The van der Waals surface area contributed by atoms with Crippen molar-refractivity contribution < 1.29 is 153 Å². The van der Waals surface area contributed by atoms with Gasteiger partial charge in [-0.2, -0.15) is 5.11 Å². The van der Waals surface area contributed by atoms with E-state index < -0.39 is 99.9 Å². The molecule has 0 heterocycles. The fourth-order valence-electron chi connectivity index (χ4n) is 6.20. The Kier molecular flexibility index (Phi) is 19.9. The van der Waals surface area contributed by atoms with E-state index in [1.54, 1.807) is 0 Å². The number of phenols is 3. The van der Waals surface area contributed by atoms with Crippen LogP contribution < -0.4 is 99.3 Å². The van der Waals surface area contributed by atoms with Crippen LogP contribution in [0.25, 0.3) is 10.8 Å². The zero-order chi connectivity index (χ0) is 50.9. The number of nitrogens with one attached hydrogen (secondary N) is 2. The molecule has 7 aromatic carbocycles. The molecular weight excluding hydrogens is 1080 g/mol. The van der Waals surface area contributed by atoms with Gasteiger partial charge >= 0.3 is 88.7 Å². The SMILES string of the molecule is O=[N+]([O-])c1ccc(N=Nc2c(S(=O)(=O)[O-])cc3cc(S(=O)(=O)[O-])cc(N=Nc4ccc(Nc5ccc(N=Nc6ccc(Nc7ccc([N+](=O)[O-])cc7S(=O)(=O)[O-])cc6)c(O)c5)cc4O)c3c2O)c(Cl)c1.[Na+].[Na+].[Na+]. The third-order valence-corrected chi connectivity index (χ3v) is 12.3. The molecule has 0 saturated heterocycles. The number of phenolic OH excluding ortho intramolecular Hbond substituents is 3. The third kappa shape index (κ3) is 14.6. The van der Waals surface area contributed by atoms with Crippen molar-refractivity contribution in [2.75, 3.05) is 10.6 Å². The Labute approximate surface area is 482 Å². The zero-order valence-corrected chi connectivity index (χ0v) is 46.5. The van der Waals surface area contributed by atoms with Gasteiger partial charge in [0.25, 0.3) is 11.4 Å². The summed E-state index contributed by atoms with van der Waals surface area (Å²) in [5, 5.41) is 82.6. The van der Waals surface area contributed by atoms with Crippen LogP contribution >= 0.6 is 11.6 Å². The van der Waals surface area contributed by atoms with E-state index in [2.05, 4.69) is 41.3 Å². The van der Waals surface area contributed by atoms with Gasteiger partial charge in [0.2, 0.25) is 0 Å². The second-order valence-electron chi connectivity index (χ2n) is 14.1. The van der Waals surface area contributed by atoms with Gasteiger partial charge in [-0.15, -0.1) is 25.6 Å². The Hall–Kier alpha value is -5.58. The summed E-state index contributed by atoms with van der Waals surface area (Å²) in [4.78, 5) is 17.5. The van der Waals surface area contributed by atoms with Crippen molar-refractivity contribution in [2.45, 2.75) is 14.7 Å². The van der Waals surface area contributed by atoms with Crippen LogP contribution in [0.1, 0.15) is 0 Å². The Morgan fingerprint density at radius 3 is 1.51 bits per heavy atom. The quantitative estimate of drug-likeness (QED) is 0.0313. The Bertz CT molecular complexity index is 3790. The maximum absolute atomic E-state index is 12.3. The van der Waals surface area contributed by atoms with E-state index in [0.29, 0.717) is 24.3 Å². The number of rotatable bonds is 15. The smallest absolute Gasteiger partial charge is 0.744 e. The first-order chi connectivity index (χ1) is 32.8. The number of hydrogen-bond donors (Lipinski definition) is 5. The van der Waals surface area contributed by atoms with Gasteiger partial charge in [0.15, 0.2) is 5.75 Å². The van der Waals surface area contributed by atoms with E-state index in [1.807, 2.05) is 0 Å². The van der Waals surface area contributed by atoms with Crippen molar-refractivity contribution in [3.63, 3.8) is 0 Å². The topological polar surface area (TPSA) is 417 Å². The summed E-state index contributed by atoms with van der Waals surface area (Å²) in [7, 11) is -15.9. The van der Waals surface area contributed by atoms with Crippen LogP contribution in [0, 0.1) is 20.2 Å². The van der Waals surface area contributed by atoms with Crippen molar-refractivity contribution in [1.29, 1.82) is 0 Å². The molecule has 0 spiro atoms. The molecule has 0 aliphatic carbocycles. The van der Waals surface area contributed by atoms with Crippen LogP contribution in [0.2, 0.25) is 5.02 Å². The first-order valence-corrected chi connectivity index (χ1v) is 23.4. The summed E-state index contributed by atoms with van der Waals surface area (Å²) in [6.45, 7) is 0. The normalized spacial score (nSPS) is 11.8. The number of aromatic hydroxyl groups is 3. The van der Waals surface area contributed by atoms with E-state index in [4.69, 9.17) is 11.6 Å². The van der Waals surface area contributed by atoms with Crippen LogP contribution in [0.4, 0.5) is 68.2 Å². The largest absolute Gasteiger partial charge is 1.00 e. The number of fused-ring (bicyclic) bond motifs is 1. The van der Waals surface area contributed by atoms with E-state index >= 15 is 0 Å². The van der Waals surface area contributed by atoms with Gasteiger partial charge in [0.1, 0.15) is 64.6 Å². The number of anilines is 4.